The van der Waals surface area contributed by atoms with Crippen molar-refractivity contribution >= 4 is 40.4 Å². The van der Waals surface area contributed by atoms with Crippen molar-refractivity contribution in [2.45, 2.75) is 79.9 Å². The number of piperidine rings is 1. The van der Waals surface area contributed by atoms with Crippen LogP contribution in [0.3, 0.4) is 0 Å². The highest BCUT2D eigenvalue weighted by Gasteiger charge is 2.30. The van der Waals surface area contributed by atoms with Crippen LogP contribution in [-0.4, -0.2) is 45.4 Å². The number of hydrogen-bond acceptors (Lipinski definition) is 5. The number of aromatic nitrogens is 2. The summed E-state index contributed by atoms with van der Waals surface area (Å²) >= 11 is 6.04. The molecule has 2 amide bonds. The number of halogens is 1. The van der Waals surface area contributed by atoms with Crippen LogP contribution in [0, 0.1) is 22.2 Å². The zero-order valence-electron chi connectivity index (χ0n) is 26.3. The highest BCUT2D eigenvalue weighted by Crippen LogP contribution is 2.32. The van der Waals surface area contributed by atoms with Gasteiger partial charge in [0.1, 0.15) is 11.6 Å². The van der Waals surface area contributed by atoms with Crippen molar-refractivity contribution in [3.63, 3.8) is 0 Å². The largest absolute Gasteiger partial charge is 0.336 e. The van der Waals surface area contributed by atoms with Gasteiger partial charge in [0.15, 0.2) is 0 Å². The molecule has 3 aromatic rings. The highest BCUT2D eigenvalue weighted by molar-refractivity contribution is 6.30. The number of allylic oxidation sites excluding steroid dienone is 1. The van der Waals surface area contributed by atoms with Gasteiger partial charge < -0.3 is 14.8 Å². The van der Waals surface area contributed by atoms with E-state index in [-0.39, 0.29) is 34.3 Å². The standard InChI is InChI=1S/C34H43ClN6O2/c1-22(34(5,6)7)37-20-23-10-15-29-28(17-23)38-32(39-30(42)24-11-13-26(35)14-12-24)41(29)27-9-8-16-40(21-27)31(43)25(19-36)18-33(2,3)4/h10-15,17-18,22,27,37H,8-9,16,20-21H2,1-7H3,(H,38,39,42)/b25-18+/t22-,27?/m0/s1. The van der Waals surface area contributed by atoms with Gasteiger partial charge in [0.2, 0.25) is 5.95 Å². The van der Waals surface area contributed by atoms with E-state index in [1.807, 2.05) is 31.4 Å². The molecule has 1 unspecified atom stereocenters. The minimum atomic E-state index is -0.299. The molecule has 0 spiro atoms. The van der Waals surface area contributed by atoms with Gasteiger partial charge in [-0.1, -0.05) is 65.3 Å². The third kappa shape index (κ3) is 8.04. The van der Waals surface area contributed by atoms with Gasteiger partial charge in [0.05, 0.1) is 17.1 Å². The number of nitriles is 1. The fourth-order valence-corrected chi connectivity index (χ4v) is 5.29. The van der Waals surface area contributed by atoms with Crippen molar-refractivity contribution in [1.29, 1.82) is 5.26 Å². The Kier molecular flexibility index (Phi) is 9.68. The van der Waals surface area contributed by atoms with Gasteiger partial charge in [-0.3, -0.25) is 14.9 Å². The predicted octanol–water partition coefficient (Wildman–Crippen LogP) is 7.13. The topological polar surface area (TPSA) is 103 Å². The summed E-state index contributed by atoms with van der Waals surface area (Å²) in [5.41, 5.74) is 3.19. The second-order valence-electron chi connectivity index (χ2n) is 13.6. The van der Waals surface area contributed by atoms with Crippen LogP contribution in [0.25, 0.3) is 11.0 Å². The molecule has 0 radical (unpaired) electrons. The minimum absolute atomic E-state index is 0.128. The molecule has 1 aliphatic heterocycles. The summed E-state index contributed by atoms with van der Waals surface area (Å²) in [5, 5.41) is 16.9. The highest BCUT2D eigenvalue weighted by atomic mass is 35.5. The average Bonchev–Trinajstić information content (AvgIpc) is 3.30. The van der Waals surface area contributed by atoms with Gasteiger partial charge in [0, 0.05) is 36.3 Å². The smallest absolute Gasteiger partial charge is 0.264 e. The van der Waals surface area contributed by atoms with Crippen molar-refractivity contribution in [1.82, 2.24) is 19.8 Å². The third-order valence-electron chi connectivity index (χ3n) is 7.97. The number of hydrogen-bond donors (Lipinski definition) is 2. The van der Waals surface area contributed by atoms with Crippen molar-refractivity contribution in [2.24, 2.45) is 10.8 Å². The Morgan fingerprint density at radius 3 is 2.47 bits per heavy atom. The van der Waals surface area contributed by atoms with Crippen LogP contribution in [0.4, 0.5) is 5.95 Å². The summed E-state index contributed by atoms with van der Waals surface area (Å²) in [6.07, 6.45) is 3.30. The molecule has 2 heterocycles. The molecule has 9 heteroatoms. The number of likely N-dealkylation sites (tertiary alicyclic amines) is 1. The van der Waals surface area contributed by atoms with Crippen molar-refractivity contribution in [3.8, 4) is 6.07 Å². The van der Waals surface area contributed by atoms with E-state index < -0.39 is 0 Å². The molecule has 0 saturated carbocycles. The van der Waals surface area contributed by atoms with Crippen LogP contribution in [0.5, 0.6) is 0 Å². The van der Waals surface area contributed by atoms with E-state index in [9.17, 15) is 14.9 Å². The Balaban J connectivity index is 1.69. The van der Waals surface area contributed by atoms with Gasteiger partial charge >= 0.3 is 0 Å². The predicted molar refractivity (Wildman–Crippen MR) is 173 cm³/mol. The van der Waals surface area contributed by atoms with E-state index in [4.69, 9.17) is 16.6 Å². The summed E-state index contributed by atoms with van der Waals surface area (Å²) in [5.74, 6) is -0.134. The Labute approximate surface area is 260 Å². The third-order valence-corrected chi connectivity index (χ3v) is 8.23. The van der Waals surface area contributed by atoms with Crippen molar-refractivity contribution in [3.05, 3.63) is 70.3 Å². The fraction of sp³-hybridized carbons (Fsp3) is 0.471. The number of amides is 2. The molecule has 0 bridgehead atoms. The molecule has 0 aliphatic carbocycles. The summed E-state index contributed by atoms with van der Waals surface area (Å²) in [7, 11) is 0. The number of fused-ring (bicyclic) bond motifs is 1. The lowest BCUT2D eigenvalue weighted by Gasteiger charge is -2.34. The summed E-state index contributed by atoms with van der Waals surface area (Å²) in [6.45, 7) is 16.4. The first-order valence-electron chi connectivity index (χ1n) is 14.9. The molecular formula is C34H43ClN6O2. The van der Waals surface area contributed by atoms with E-state index in [1.54, 1.807) is 35.2 Å². The van der Waals surface area contributed by atoms with Crippen LogP contribution >= 0.6 is 11.6 Å². The molecule has 1 aromatic heterocycles. The maximum Gasteiger partial charge on any atom is 0.264 e. The van der Waals surface area contributed by atoms with E-state index in [0.29, 0.717) is 42.2 Å². The molecule has 8 nitrogen and oxygen atoms in total. The number of nitrogens with zero attached hydrogens (tertiary/aromatic N) is 4. The summed E-state index contributed by atoms with van der Waals surface area (Å²) < 4.78 is 2.04. The van der Waals surface area contributed by atoms with Crippen LogP contribution in [0.1, 0.15) is 83.3 Å². The Bertz CT molecular complexity index is 1550. The summed E-state index contributed by atoms with van der Waals surface area (Å²) in [4.78, 5) is 33.3. The zero-order valence-corrected chi connectivity index (χ0v) is 27.0. The second kappa shape index (κ2) is 12.9. The first kappa shape index (κ1) is 32.2. The molecule has 1 saturated heterocycles. The van der Waals surface area contributed by atoms with Crippen LogP contribution in [0.15, 0.2) is 54.1 Å². The Hall–Kier alpha value is -3.67. The van der Waals surface area contributed by atoms with Gasteiger partial charge in [-0.2, -0.15) is 5.26 Å². The van der Waals surface area contributed by atoms with Crippen molar-refractivity contribution in [2.75, 3.05) is 18.4 Å². The van der Waals surface area contributed by atoms with Crippen LogP contribution in [-0.2, 0) is 11.3 Å². The molecule has 43 heavy (non-hydrogen) atoms. The van der Waals surface area contributed by atoms with Gasteiger partial charge in [-0.25, -0.2) is 4.98 Å². The number of carbonyl (C=O) groups excluding carboxylic acids is 2. The van der Waals surface area contributed by atoms with Crippen molar-refractivity contribution < 1.29 is 9.59 Å². The fourth-order valence-electron chi connectivity index (χ4n) is 5.16. The SMILES string of the molecule is C[C@H](NCc1ccc2c(c1)nc(NC(=O)c1ccc(Cl)cc1)n2C1CCCN(C(=O)/C(C#N)=C/C(C)(C)C)C1)C(C)(C)C. The normalized spacial score (nSPS) is 17.0. The molecular weight excluding hydrogens is 560 g/mol. The average molecular weight is 603 g/mol. The number of imidazole rings is 1. The first-order valence-corrected chi connectivity index (χ1v) is 15.3. The number of rotatable bonds is 7. The lowest BCUT2D eigenvalue weighted by atomic mass is 9.88. The van der Waals surface area contributed by atoms with Gasteiger partial charge in [-0.05, 0) is 72.6 Å². The lowest BCUT2D eigenvalue weighted by molar-refractivity contribution is -0.128. The number of carbonyl (C=O) groups is 2. The molecule has 1 aliphatic rings. The molecule has 2 atom stereocenters. The van der Waals surface area contributed by atoms with Gasteiger partial charge in [0.25, 0.3) is 11.8 Å². The van der Waals surface area contributed by atoms with E-state index >= 15 is 0 Å². The first-order chi connectivity index (χ1) is 20.2. The van der Waals surface area contributed by atoms with E-state index in [1.165, 1.54) is 0 Å². The van der Waals surface area contributed by atoms with Gasteiger partial charge in [-0.15, -0.1) is 0 Å². The Morgan fingerprint density at radius 1 is 1.14 bits per heavy atom. The van der Waals surface area contributed by atoms with E-state index in [0.717, 1.165) is 29.4 Å². The Morgan fingerprint density at radius 2 is 1.84 bits per heavy atom. The molecule has 4 rings (SSSR count). The minimum Gasteiger partial charge on any atom is -0.336 e. The monoisotopic (exact) mass is 602 g/mol. The zero-order chi connectivity index (χ0) is 31.5. The van der Waals surface area contributed by atoms with Crippen LogP contribution < -0.4 is 10.6 Å². The quantitative estimate of drug-likeness (QED) is 0.221. The lowest BCUT2D eigenvalue weighted by Crippen LogP contribution is -2.41. The number of benzene rings is 2. The van der Waals surface area contributed by atoms with Crippen LogP contribution in [0.2, 0.25) is 5.02 Å². The number of nitrogens with one attached hydrogen (secondary N) is 2. The van der Waals surface area contributed by atoms with E-state index in [2.05, 4.69) is 56.5 Å². The maximum atomic E-state index is 13.4. The molecule has 1 fully saturated rings. The molecule has 228 valence electrons. The molecule has 2 aromatic carbocycles. The number of anilines is 1. The maximum absolute atomic E-state index is 13.4. The molecule has 2 N–H and O–H groups in total. The second-order valence-corrected chi connectivity index (χ2v) is 14.1. The summed E-state index contributed by atoms with van der Waals surface area (Å²) in [6, 6.07) is 15.2.